The molecule has 1 amide bonds. The minimum atomic E-state index is -0.502. The molecule has 1 rings (SSSR count). The van der Waals surface area contributed by atoms with Gasteiger partial charge in [0, 0.05) is 12.6 Å². The Morgan fingerprint density at radius 3 is 2.73 bits per heavy atom. The molecule has 0 fully saturated rings. The molecule has 0 aliphatic rings. The van der Waals surface area contributed by atoms with Crippen molar-refractivity contribution < 1.29 is 14.3 Å². The fourth-order valence-electron chi connectivity index (χ4n) is 1.36. The number of benzene rings is 1. The van der Waals surface area contributed by atoms with Crippen molar-refractivity contribution in [2.45, 2.75) is 6.54 Å². The van der Waals surface area contributed by atoms with Crippen LogP contribution in [0.3, 0.4) is 0 Å². The van der Waals surface area contributed by atoms with Gasteiger partial charge in [0.05, 0.1) is 6.54 Å². The molecule has 0 bridgehead atoms. The van der Waals surface area contributed by atoms with E-state index >= 15 is 0 Å². The van der Waals surface area contributed by atoms with E-state index in [2.05, 4.69) is 0 Å². The van der Waals surface area contributed by atoms with Gasteiger partial charge in [0.25, 0.3) is 0 Å². The van der Waals surface area contributed by atoms with Crippen molar-refractivity contribution in [3.63, 3.8) is 0 Å². The maximum Gasteiger partial charge on any atom is 0.231 e. The molecule has 0 atom stereocenters. The SMILES string of the molecule is CN(CC(N)=O)Cc1cc(O)cc(F)c1. The zero-order valence-electron chi connectivity index (χ0n) is 8.40. The van der Waals surface area contributed by atoms with Gasteiger partial charge in [-0.3, -0.25) is 9.69 Å². The number of carbonyl (C=O) groups is 1. The molecule has 4 nitrogen and oxygen atoms in total. The first-order chi connectivity index (χ1) is 6.97. The number of halogens is 1. The Bertz CT molecular complexity index is 348. The van der Waals surface area contributed by atoms with Crippen molar-refractivity contribution in [1.82, 2.24) is 4.90 Å². The zero-order chi connectivity index (χ0) is 11.4. The summed E-state index contributed by atoms with van der Waals surface area (Å²) in [5.41, 5.74) is 5.60. The zero-order valence-corrected chi connectivity index (χ0v) is 8.40. The van der Waals surface area contributed by atoms with Gasteiger partial charge >= 0.3 is 0 Å². The number of nitrogens with zero attached hydrogens (tertiary/aromatic N) is 1. The molecule has 0 unspecified atom stereocenters. The predicted octanol–water partition coefficient (Wildman–Crippen LogP) is 0.448. The van der Waals surface area contributed by atoms with Crippen LogP contribution < -0.4 is 5.73 Å². The van der Waals surface area contributed by atoms with E-state index in [9.17, 15) is 9.18 Å². The van der Waals surface area contributed by atoms with Crippen LogP contribution in [-0.2, 0) is 11.3 Å². The van der Waals surface area contributed by atoms with Gasteiger partial charge < -0.3 is 10.8 Å². The van der Waals surface area contributed by atoms with Crippen LogP contribution in [-0.4, -0.2) is 29.5 Å². The van der Waals surface area contributed by atoms with Crippen molar-refractivity contribution in [1.29, 1.82) is 0 Å². The maximum atomic E-state index is 12.9. The molecule has 0 aromatic heterocycles. The van der Waals surface area contributed by atoms with E-state index in [-0.39, 0.29) is 12.3 Å². The fourth-order valence-corrected chi connectivity index (χ4v) is 1.36. The molecule has 1 aromatic rings. The van der Waals surface area contributed by atoms with Crippen LogP contribution in [0.1, 0.15) is 5.56 Å². The lowest BCUT2D eigenvalue weighted by atomic mass is 10.2. The second-order valence-corrected chi connectivity index (χ2v) is 3.46. The summed E-state index contributed by atoms with van der Waals surface area (Å²) in [5, 5.41) is 9.14. The standard InChI is InChI=1S/C10H13FN2O2/c1-13(6-10(12)15)5-7-2-8(11)4-9(14)3-7/h2-4,14H,5-6H2,1H3,(H2,12,15). The van der Waals surface area contributed by atoms with Crippen molar-refractivity contribution in [2.75, 3.05) is 13.6 Å². The molecule has 0 aliphatic carbocycles. The number of likely N-dealkylation sites (N-methyl/N-ethyl adjacent to an activating group) is 1. The minimum Gasteiger partial charge on any atom is -0.508 e. The molecule has 0 saturated carbocycles. The number of primary amides is 1. The molecule has 0 radical (unpaired) electrons. The van der Waals surface area contributed by atoms with Crippen molar-refractivity contribution >= 4 is 5.91 Å². The summed E-state index contributed by atoms with van der Waals surface area (Å²) in [6.07, 6.45) is 0. The van der Waals surface area contributed by atoms with E-state index in [4.69, 9.17) is 10.8 Å². The Morgan fingerprint density at radius 2 is 2.20 bits per heavy atom. The van der Waals surface area contributed by atoms with Crippen molar-refractivity contribution in [2.24, 2.45) is 5.73 Å². The van der Waals surface area contributed by atoms with E-state index < -0.39 is 11.7 Å². The van der Waals surface area contributed by atoms with Gasteiger partial charge in [-0.2, -0.15) is 0 Å². The minimum absolute atomic E-state index is 0.0945. The van der Waals surface area contributed by atoms with Crippen LogP contribution in [0.2, 0.25) is 0 Å². The van der Waals surface area contributed by atoms with Gasteiger partial charge in [0.15, 0.2) is 0 Å². The molecule has 5 heteroatoms. The molecule has 82 valence electrons. The lowest BCUT2D eigenvalue weighted by Gasteiger charge is -2.14. The number of aromatic hydroxyl groups is 1. The Hall–Kier alpha value is -1.62. The average molecular weight is 212 g/mol. The second kappa shape index (κ2) is 4.75. The largest absolute Gasteiger partial charge is 0.508 e. The summed E-state index contributed by atoms with van der Waals surface area (Å²) < 4.78 is 12.9. The van der Waals surface area contributed by atoms with Crippen LogP contribution in [0.4, 0.5) is 4.39 Å². The van der Waals surface area contributed by atoms with Gasteiger partial charge in [-0.05, 0) is 24.7 Å². The highest BCUT2D eigenvalue weighted by molar-refractivity contribution is 5.75. The Kier molecular flexibility index (Phi) is 3.62. The van der Waals surface area contributed by atoms with Gasteiger partial charge in [-0.1, -0.05) is 0 Å². The summed E-state index contributed by atoms with van der Waals surface area (Å²) in [6, 6.07) is 3.77. The van der Waals surface area contributed by atoms with E-state index in [1.807, 2.05) is 0 Å². The summed E-state index contributed by atoms with van der Waals surface area (Å²) >= 11 is 0. The van der Waals surface area contributed by atoms with Crippen LogP contribution in [0.5, 0.6) is 5.75 Å². The number of hydrogen-bond acceptors (Lipinski definition) is 3. The van der Waals surface area contributed by atoms with Crippen LogP contribution >= 0.6 is 0 Å². The maximum absolute atomic E-state index is 12.9. The smallest absolute Gasteiger partial charge is 0.231 e. The van der Waals surface area contributed by atoms with E-state index in [1.54, 1.807) is 11.9 Å². The monoisotopic (exact) mass is 212 g/mol. The van der Waals surface area contributed by atoms with Crippen LogP contribution in [0, 0.1) is 5.82 Å². The van der Waals surface area contributed by atoms with Crippen molar-refractivity contribution in [3.8, 4) is 5.75 Å². The van der Waals surface area contributed by atoms with Crippen LogP contribution in [0.15, 0.2) is 18.2 Å². The third-order valence-corrected chi connectivity index (χ3v) is 1.82. The predicted molar refractivity (Wildman–Crippen MR) is 53.6 cm³/mol. The number of hydrogen-bond donors (Lipinski definition) is 2. The number of amides is 1. The van der Waals surface area contributed by atoms with Crippen LogP contribution in [0.25, 0.3) is 0 Å². The van der Waals surface area contributed by atoms with Crippen molar-refractivity contribution in [3.05, 3.63) is 29.6 Å². The molecule has 0 heterocycles. The number of rotatable bonds is 4. The van der Waals surface area contributed by atoms with E-state index in [0.717, 1.165) is 6.07 Å². The summed E-state index contributed by atoms with van der Waals surface area (Å²) in [5.74, 6) is -1.08. The topological polar surface area (TPSA) is 66.6 Å². The van der Waals surface area contributed by atoms with Gasteiger partial charge in [0.1, 0.15) is 11.6 Å². The summed E-state index contributed by atoms with van der Waals surface area (Å²) in [6.45, 7) is 0.450. The molecule has 0 spiro atoms. The van der Waals surface area contributed by atoms with E-state index in [1.165, 1.54) is 12.1 Å². The molecule has 1 aromatic carbocycles. The molecule has 0 saturated heterocycles. The molecule has 0 aliphatic heterocycles. The summed E-state index contributed by atoms with van der Waals surface area (Å²) in [4.78, 5) is 12.2. The average Bonchev–Trinajstić information content (AvgIpc) is 1.98. The van der Waals surface area contributed by atoms with Gasteiger partial charge in [0.2, 0.25) is 5.91 Å². The molecular formula is C10H13FN2O2. The summed E-state index contributed by atoms with van der Waals surface area (Å²) in [7, 11) is 1.69. The highest BCUT2D eigenvalue weighted by Gasteiger charge is 2.05. The first kappa shape index (κ1) is 11.5. The highest BCUT2D eigenvalue weighted by Crippen LogP contribution is 2.15. The molecule has 3 N–H and O–H groups in total. The van der Waals surface area contributed by atoms with E-state index in [0.29, 0.717) is 12.1 Å². The normalized spacial score (nSPS) is 10.6. The van der Waals surface area contributed by atoms with Gasteiger partial charge in [-0.25, -0.2) is 4.39 Å². The number of phenolic OH excluding ortho intramolecular Hbond substituents is 1. The lowest BCUT2D eigenvalue weighted by molar-refractivity contribution is -0.118. The quantitative estimate of drug-likeness (QED) is 0.761. The highest BCUT2D eigenvalue weighted by atomic mass is 19.1. The second-order valence-electron chi connectivity index (χ2n) is 3.46. The third kappa shape index (κ3) is 3.95. The number of carbonyl (C=O) groups excluding carboxylic acids is 1. The number of phenols is 1. The fraction of sp³-hybridized carbons (Fsp3) is 0.300. The first-order valence-electron chi connectivity index (χ1n) is 4.42. The Morgan fingerprint density at radius 1 is 1.53 bits per heavy atom. The lowest BCUT2D eigenvalue weighted by Crippen LogP contribution is -2.30. The third-order valence-electron chi connectivity index (χ3n) is 1.82. The Balaban J connectivity index is 2.67. The molecule has 15 heavy (non-hydrogen) atoms. The first-order valence-corrected chi connectivity index (χ1v) is 4.42. The Labute approximate surface area is 87.1 Å². The molecular weight excluding hydrogens is 199 g/mol. The van der Waals surface area contributed by atoms with Gasteiger partial charge in [-0.15, -0.1) is 0 Å². The number of nitrogens with two attached hydrogens (primary N) is 1.